The molecule has 3 nitrogen and oxygen atoms in total. The molecule has 0 unspecified atom stereocenters. The Morgan fingerprint density at radius 3 is 1.85 bits per heavy atom. The van der Waals surface area contributed by atoms with E-state index in [9.17, 15) is 0 Å². The largest absolute Gasteiger partial charge is 0.280 e. The Kier molecular flexibility index (Phi) is 3.79. The molecular formula is C10H15N3. The Morgan fingerprint density at radius 1 is 1.00 bits per heavy atom. The van der Waals surface area contributed by atoms with Crippen LogP contribution in [0, 0.1) is 24.7 Å². The van der Waals surface area contributed by atoms with Gasteiger partial charge in [0.2, 0.25) is 0 Å². The van der Waals surface area contributed by atoms with Crippen molar-refractivity contribution in [1.29, 1.82) is 0 Å². The van der Waals surface area contributed by atoms with Gasteiger partial charge in [-0.2, -0.15) is 0 Å². The average Bonchev–Trinajstić information content (AvgIpc) is 2.04. The predicted octanol–water partition coefficient (Wildman–Crippen LogP) is -0.325. The highest BCUT2D eigenvalue weighted by Gasteiger charge is 2.18. The molecular weight excluding hydrogens is 162 g/mol. The third-order valence-electron chi connectivity index (χ3n) is 1.91. The van der Waals surface area contributed by atoms with E-state index in [1.807, 2.05) is 0 Å². The molecule has 0 bridgehead atoms. The summed E-state index contributed by atoms with van der Waals surface area (Å²) < 4.78 is 0. The van der Waals surface area contributed by atoms with Crippen LogP contribution < -0.4 is 0 Å². The van der Waals surface area contributed by atoms with Gasteiger partial charge in [0.1, 0.15) is 0 Å². The summed E-state index contributed by atoms with van der Waals surface area (Å²) >= 11 is 0. The maximum absolute atomic E-state index is 5.26. The summed E-state index contributed by atoms with van der Waals surface area (Å²) in [6.07, 6.45) is 10.5. The van der Waals surface area contributed by atoms with Crippen molar-refractivity contribution in [3.63, 3.8) is 0 Å². The van der Waals surface area contributed by atoms with Gasteiger partial charge in [-0.3, -0.25) is 14.7 Å². The number of terminal acetylenes is 2. The molecule has 3 heteroatoms. The molecule has 0 aromatic rings. The van der Waals surface area contributed by atoms with Crippen LogP contribution in [0.15, 0.2) is 0 Å². The van der Waals surface area contributed by atoms with E-state index in [0.717, 1.165) is 20.0 Å². The van der Waals surface area contributed by atoms with Crippen molar-refractivity contribution < 1.29 is 0 Å². The van der Waals surface area contributed by atoms with Crippen molar-refractivity contribution in [2.45, 2.75) is 0 Å². The summed E-state index contributed by atoms with van der Waals surface area (Å²) in [6, 6.07) is 0. The fraction of sp³-hybridized carbons (Fsp3) is 0.600. The van der Waals surface area contributed by atoms with Crippen molar-refractivity contribution in [3.8, 4) is 24.7 Å². The van der Waals surface area contributed by atoms with Crippen LogP contribution in [0.1, 0.15) is 0 Å². The van der Waals surface area contributed by atoms with Gasteiger partial charge in [0.15, 0.2) is 0 Å². The van der Waals surface area contributed by atoms with Gasteiger partial charge in [-0.25, -0.2) is 0 Å². The van der Waals surface area contributed by atoms with Gasteiger partial charge in [0.05, 0.1) is 33.1 Å². The van der Waals surface area contributed by atoms with Crippen LogP contribution in [-0.2, 0) is 0 Å². The number of hydrogen-bond acceptors (Lipinski definition) is 3. The fourth-order valence-electron chi connectivity index (χ4n) is 1.56. The number of hydrogen-bond donors (Lipinski definition) is 0. The molecule has 1 heterocycles. The molecule has 0 radical (unpaired) electrons. The molecule has 0 saturated carbocycles. The van der Waals surface area contributed by atoms with Crippen LogP contribution in [0.5, 0.6) is 0 Å². The first-order chi connectivity index (χ1) is 6.26. The van der Waals surface area contributed by atoms with Gasteiger partial charge >= 0.3 is 0 Å². The summed E-state index contributed by atoms with van der Waals surface area (Å²) in [5.74, 6) is 5.28. The highest BCUT2D eigenvalue weighted by Crippen LogP contribution is 2.03. The van der Waals surface area contributed by atoms with Crippen LogP contribution in [0.25, 0.3) is 0 Å². The Balaban J connectivity index is 2.44. The van der Waals surface area contributed by atoms with E-state index in [-0.39, 0.29) is 0 Å². The van der Waals surface area contributed by atoms with E-state index >= 15 is 0 Å². The van der Waals surface area contributed by atoms with Gasteiger partial charge < -0.3 is 0 Å². The lowest BCUT2D eigenvalue weighted by atomic mass is 10.4. The molecule has 1 aliphatic heterocycles. The predicted molar refractivity (Wildman–Crippen MR) is 53.4 cm³/mol. The molecule has 1 aliphatic rings. The lowest BCUT2D eigenvalue weighted by Crippen LogP contribution is -2.53. The Labute approximate surface area is 80.3 Å². The first-order valence-corrected chi connectivity index (χ1v) is 4.26. The minimum atomic E-state index is 0.686. The molecule has 1 rings (SSSR count). The molecule has 0 N–H and O–H groups in total. The summed E-state index contributed by atoms with van der Waals surface area (Å²) in [4.78, 5) is 6.56. The maximum Gasteiger partial charge on any atom is 0.0622 e. The van der Waals surface area contributed by atoms with Crippen LogP contribution in [-0.4, -0.2) is 54.8 Å². The zero-order chi connectivity index (χ0) is 9.68. The summed E-state index contributed by atoms with van der Waals surface area (Å²) in [7, 11) is 2.06. The van der Waals surface area contributed by atoms with Crippen LogP contribution in [0.2, 0.25) is 0 Å². The van der Waals surface area contributed by atoms with Crippen LogP contribution in [0.4, 0.5) is 0 Å². The van der Waals surface area contributed by atoms with Crippen molar-refractivity contribution >= 4 is 0 Å². The molecule has 0 aromatic carbocycles. The molecule has 1 saturated heterocycles. The molecule has 0 aliphatic carbocycles. The van der Waals surface area contributed by atoms with Crippen molar-refractivity contribution in [2.24, 2.45) is 0 Å². The van der Waals surface area contributed by atoms with Gasteiger partial charge in [-0.05, 0) is 7.05 Å². The zero-order valence-electron chi connectivity index (χ0n) is 8.03. The molecule has 1 fully saturated rings. The monoisotopic (exact) mass is 177 g/mol. The second-order valence-electron chi connectivity index (χ2n) is 3.35. The van der Waals surface area contributed by atoms with Crippen molar-refractivity contribution in [1.82, 2.24) is 14.7 Å². The quantitative estimate of drug-likeness (QED) is 0.535. The Morgan fingerprint density at radius 2 is 1.46 bits per heavy atom. The minimum Gasteiger partial charge on any atom is -0.280 e. The fourth-order valence-corrected chi connectivity index (χ4v) is 1.56. The third kappa shape index (κ3) is 3.08. The second kappa shape index (κ2) is 4.89. The Hall–Kier alpha value is -1.00. The molecule has 70 valence electrons. The first kappa shape index (κ1) is 10.1. The minimum absolute atomic E-state index is 0.686. The highest BCUT2D eigenvalue weighted by molar-refractivity contribution is 4.91. The topological polar surface area (TPSA) is 9.72 Å². The summed E-state index contributed by atoms with van der Waals surface area (Å²) in [6.45, 7) is 4.09. The average molecular weight is 177 g/mol. The third-order valence-corrected chi connectivity index (χ3v) is 1.91. The Bertz CT molecular complexity index is 212. The van der Waals surface area contributed by atoms with Crippen molar-refractivity contribution in [3.05, 3.63) is 0 Å². The van der Waals surface area contributed by atoms with E-state index in [4.69, 9.17) is 12.8 Å². The maximum atomic E-state index is 5.26. The number of nitrogens with zero attached hydrogens (tertiary/aromatic N) is 3. The second-order valence-corrected chi connectivity index (χ2v) is 3.35. The van der Waals surface area contributed by atoms with Crippen LogP contribution in [0.3, 0.4) is 0 Å². The van der Waals surface area contributed by atoms with Gasteiger partial charge in [-0.1, -0.05) is 11.8 Å². The van der Waals surface area contributed by atoms with E-state index in [0.29, 0.717) is 13.1 Å². The van der Waals surface area contributed by atoms with E-state index in [1.165, 1.54) is 0 Å². The van der Waals surface area contributed by atoms with Gasteiger partial charge in [0, 0.05) is 0 Å². The molecule has 0 spiro atoms. The van der Waals surface area contributed by atoms with E-state index in [2.05, 4.69) is 33.6 Å². The lowest BCUT2D eigenvalue weighted by Gasteiger charge is -2.39. The normalized spacial score (nSPS) is 20.8. The highest BCUT2D eigenvalue weighted by atomic mass is 15.5. The molecule has 0 aromatic heterocycles. The number of rotatable bonds is 2. The molecule has 0 atom stereocenters. The van der Waals surface area contributed by atoms with Crippen LogP contribution >= 0.6 is 0 Å². The smallest absolute Gasteiger partial charge is 0.0622 e. The van der Waals surface area contributed by atoms with E-state index in [1.54, 1.807) is 0 Å². The standard InChI is InChI=1S/C10H15N3/c1-4-6-12-8-11(3)9-13(10-12)7-5-2/h1-2H,6-10H2,3H3. The summed E-state index contributed by atoms with van der Waals surface area (Å²) in [5, 5.41) is 0. The van der Waals surface area contributed by atoms with Crippen molar-refractivity contribution in [2.75, 3.05) is 40.1 Å². The SMILES string of the molecule is C#CCN1CN(C)CN(CC#C)C1. The zero-order valence-corrected chi connectivity index (χ0v) is 8.03. The van der Waals surface area contributed by atoms with E-state index < -0.39 is 0 Å². The molecule has 13 heavy (non-hydrogen) atoms. The van der Waals surface area contributed by atoms with Gasteiger partial charge in [-0.15, -0.1) is 12.8 Å². The first-order valence-electron chi connectivity index (χ1n) is 4.26. The lowest BCUT2D eigenvalue weighted by molar-refractivity contribution is -0.000599. The van der Waals surface area contributed by atoms with Gasteiger partial charge in [0.25, 0.3) is 0 Å². The summed E-state index contributed by atoms with van der Waals surface area (Å²) in [5.41, 5.74) is 0. The molecule has 0 amide bonds.